The lowest BCUT2D eigenvalue weighted by atomic mass is 10.0. The van der Waals surface area contributed by atoms with Crippen LogP contribution in [0.1, 0.15) is 88.7 Å². The Morgan fingerprint density at radius 2 is 1.70 bits per heavy atom. The van der Waals surface area contributed by atoms with E-state index in [1.54, 1.807) is 19.1 Å². The molecule has 0 bridgehead atoms. The van der Waals surface area contributed by atoms with Crippen molar-refractivity contribution >= 4 is 52.1 Å². The summed E-state index contributed by atoms with van der Waals surface area (Å²) in [6.45, 7) is 14.1. The smallest absolute Gasteiger partial charge is 0.326 e. The number of nitrogens with two attached hydrogens (primary N) is 1. The van der Waals surface area contributed by atoms with Crippen LogP contribution < -0.4 is 26.8 Å². The topological polar surface area (TPSA) is 245 Å². The second-order valence-electron chi connectivity index (χ2n) is 11.4. The molecule has 2 aromatic carbocycles. The lowest BCUT2D eigenvalue weighted by Gasteiger charge is -2.20. The molecular formula is C37H51FN6O9. The number of carboxylic acid groups (broad SMARTS) is 3. The average Bonchev–Trinajstić information content (AvgIpc) is 3.09. The summed E-state index contributed by atoms with van der Waals surface area (Å²) in [7, 11) is 0. The van der Waals surface area contributed by atoms with E-state index >= 15 is 0 Å². The quantitative estimate of drug-likeness (QED) is 0.0849. The summed E-state index contributed by atoms with van der Waals surface area (Å²) in [5.74, 6) is -5.13. The van der Waals surface area contributed by atoms with E-state index in [-0.39, 0.29) is 48.3 Å². The number of aliphatic carboxylic acids is 3. The van der Waals surface area contributed by atoms with E-state index in [0.29, 0.717) is 29.4 Å². The van der Waals surface area contributed by atoms with Crippen LogP contribution in [-0.4, -0.2) is 74.0 Å². The zero-order chi connectivity index (χ0) is 40.8. The summed E-state index contributed by atoms with van der Waals surface area (Å²) in [5.41, 5.74) is 6.98. The number of Topliss-reactive ketones (excluding diaryl/α,β-unsaturated/α-hetero) is 1. The number of anilines is 2. The highest BCUT2D eigenvalue weighted by molar-refractivity contribution is 5.97. The Kier molecular flexibility index (Phi) is 21.7. The molecular weight excluding hydrogens is 691 g/mol. The molecule has 1 amide bonds. The number of amides is 1. The molecule has 0 radical (unpaired) electrons. The SMILES string of the molecule is C#CN(Cc1cc2c(=O)[nH]c(N)nc2cc1C)c1ccc(C(=O)N[C@@H](CCC(C)=O)C(=O)O)c(F)c1.CC.CCCC(=O)O.CCNCC(C)C(=O)O. The van der Waals surface area contributed by atoms with Crippen molar-refractivity contribution in [3.63, 3.8) is 0 Å². The molecule has 0 spiro atoms. The minimum Gasteiger partial charge on any atom is -0.481 e. The molecule has 0 saturated carbocycles. The number of carbonyl (C=O) groups excluding carboxylic acids is 2. The molecule has 3 rings (SSSR count). The van der Waals surface area contributed by atoms with Gasteiger partial charge in [0, 0.05) is 25.4 Å². The summed E-state index contributed by atoms with van der Waals surface area (Å²) in [5, 5.41) is 31.1. The van der Waals surface area contributed by atoms with E-state index in [1.807, 2.05) is 34.6 Å². The number of hydrogen-bond donors (Lipinski definition) is 7. The molecule has 0 aliphatic carbocycles. The lowest BCUT2D eigenvalue weighted by Crippen LogP contribution is -2.41. The zero-order valence-corrected chi connectivity index (χ0v) is 31.2. The summed E-state index contributed by atoms with van der Waals surface area (Å²) >= 11 is 0. The maximum absolute atomic E-state index is 14.9. The van der Waals surface area contributed by atoms with Gasteiger partial charge in [-0.15, -0.1) is 0 Å². The minimum absolute atomic E-state index is 0.00182. The minimum atomic E-state index is -1.34. The van der Waals surface area contributed by atoms with Gasteiger partial charge in [0.15, 0.2) is 0 Å². The number of benzene rings is 2. The number of nitrogens with zero attached hydrogens (tertiary/aromatic N) is 2. The van der Waals surface area contributed by atoms with Crippen molar-refractivity contribution in [2.24, 2.45) is 5.92 Å². The summed E-state index contributed by atoms with van der Waals surface area (Å²) < 4.78 is 14.9. The van der Waals surface area contributed by atoms with Gasteiger partial charge in [0.25, 0.3) is 11.5 Å². The fraction of sp³-hybridized carbons (Fsp3) is 0.432. The van der Waals surface area contributed by atoms with Crippen LogP contribution in [0.25, 0.3) is 10.9 Å². The maximum atomic E-state index is 14.9. The standard InChI is InChI=1S/C25H24FN5O5.C6H13NO2.C4H8O2.C2H6/c1-4-31(12-15-10-18-21(9-13(15)2)29-25(27)30-23(18)34)16-6-7-17(19(26)11-16)22(33)28-20(24(35)36)8-5-14(3)32;1-3-7-4-5(2)6(8)9;1-2-3-4(5)6;1-2/h1,6-7,9-11,20H,5,8,12H2,2-3H3,(H,28,33)(H,35,36)(H3,27,29,30,34);5,7H,3-4H2,1-2H3,(H,8,9);2-3H2,1H3,(H,5,6);1-2H3/t20-;;;/m0.../s1. The van der Waals surface area contributed by atoms with Gasteiger partial charge in [-0.1, -0.05) is 41.0 Å². The number of hydrogen-bond acceptors (Lipinski definition) is 10. The molecule has 8 N–H and O–H groups in total. The number of rotatable bonds is 15. The van der Waals surface area contributed by atoms with Crippen LogP contribution in [0.2, 0.25) is 0 Å². The van der Waals surface area contributed by atoms with Gasteiger partial charge in [-0.25, -0.2) is 14.2 Å². The fourth-order valence-corrected chi connectivity index (χ4v) is 4.26. The first-order valence-electron chi connectivity index (χ1n) is 17.0. The number of terminal acetylenes is 1. The Hall–Kier alpha value is -5.82. The first kappa shape index (κ1) is 47.2. The number of ketones is 1. The van der Waals surface area contributed by atoms with Crippen molar-refractivity contribution in [3.05, 3.63) is 63.2 Å². The summed E-state index contributed by atoms with van der Waals surface area (Å²) in [6, 6.07) is 8.12. The predicted octanol–water partition coefficient (Wildman–Crippen LogP) is 4.32. The highest BCUT2D eigenvalue weighted by Crippen LogP contribution is 2.23. The van der Waals surface area contributed by atoms with Crippen LogP contribution >= 0.6 is 0 Å². The molecule has 0 saturated heterocycles. The second kappa shape index (κ2) is 24.4. The van der Waals surface area contributed by atoms with Crippen molar-refractivity contribution in [1.82, 2.24) is 20.6 Å². The van der Waals surface area contributed by atoms with Gasteiger partial charge in [0.05, 0.1) is 34.6 Å². The number of aromatic amines is 1. The Labute approximate surface area is 308 Å². The molecule has 3 aromatic rings. The molecule has 0 fully saturated rings. The van der Waals surface area contributed by atoms with Gasteiger partial charge >= 0.3 is 17.9 Å². The van der Waals surface area contributed by atoms with Crippen molar-refractivity contribution in [1.29, 1.82) is 0 Å². The number of nitrogen functional groups attached to an aromatic ring is 1. The van der Waals surface area contributed by atoms with E-state index in [0.717, 1.165) is 24.6 Å². The normalized spacial score (nSPS) is 11.1. The van der Waals surface area contributed by atoms with E-state index in [2.05, 4.69) is 26.6 Å². The first-order chi connectivity index (χ1) is 24.9. The van der Waals surface area contributed by atoms with Crippen molar-refractivity contribution in [2.45, 2.75) is 86.7 Å². The van der Waals surface area contributed by atoms with Gasteiger partial charge in [-0.3, -0.25) is 29.1 Å². The number of fused-ring (bicyclic) bond motifs is 1. The number of aromatic nitrogens is 2. The monoisotopic (exact) mass is 742 g/mol. The third kappa shape index (κ3) is 16.8. The highest BCUT2D eigenvalue weighted by atomic mass is 19.1. The van der Waals surface area contributed by atoms with Crippen LogP contribution in [-0.2, 0) is 25.7 Å². The Bertz CT molecular complexity index is 1810. The first-order valence-corrected chi connectivity index (χ1v) is 17.0. The predicted molar refractivity (Wildman–Crippen MR) is 201 cm³/mol. The van der Waals surface area contributed by atoms with E-state index in [1.165, 1.54) is 24.0 Å². The van der Waals surface area contributed by atoms with Gasteiger partial charge < -0.3 is 36.5 Å². The number of carboxylic acids is 3. The number of nitrogens with one attached hydrogen (secondary N) is 3. The van der Waals surface area contributed by atoms with Crippen LogP contribution in [0.3, 0.4) is 0 Å². The molecule has 2 atom stereocenters. The van der Waals surface area contributed by atoms with Crippen molar-refractivity contribution < 1.29 is 43.7 Å². The number of H-pyrrole nitrogens is 1. The number of halogens is 1. The van der Waals surface area contributed by atoms with Gasteiger partial charge in [0.1, 0.15) is 17.6 Å². The van der Waals surface area contributed by atoms with E-state index < -0.39 is 41.2 Å². The number of carbonyl (C=O) groups is 5. The molecule has 290 valence electrons. The van der Waals surface area contributed by atoms with Gasteiger partial charge in [-0.2, -0.15) is 0 Å². The van der Waals surface area contributed by atoms with Crippen LogP contribution in [0.15, 0.2) is 35.1 Å². The Morgan fingerprint density at radius 1 is 1.06 bits per heavy atom. The Balaban J connectivity index is 0.00000132. The fourth-order valence-electron chi connectivity index (χ4n) is 4.26. The van der Waals surface area contributed by atoms with Crippen LogP contribution in [0.5, 0.6) is 0 Å². The molecule has 0 aliphatic heterocycles. The molecule has 1 aromatic heterocycles. The van der Waals surface area contributed by atoms with Crippen molar-refractivity contribution in [3.8, 4) is 12.5 Å². The third-order valence-electron chi connectivity index (χ3n) is 7.15. The molecule has 1 unspecified atom stereocenters. The molecule has 1 heterocycles. The molecule has 53 heavy (non-hydrogen) atoms. The van der Waals surface area contributed by atoms with Gasteiger partial charge in [0.2, 0.25) is 5.95 Å². The lowest BCUT2D eigenvalue weighted by molar-refractivity contribution is -0.141. The molecule has 15 nitrogen and oxygen atoms in total. The second-order valence-corrected chi connectivity index (χ2v) is 11.4. The largest absolute Gasteiger partial charge is 0.481 e. The summed E-state index contributed by atoms with van der Waals surface area (Å²) in [4.78, 5) is 75.0. The van der Waals surface area contributed by atoms with Gasteiger partial charge in [-0.05, 0) is 74.7 Å². The van der Waals surface area contributed by atoms with Crippen LogP contribution in [0, 0.1) is 31.1 Å². The Morgan fingerprint density at radius 3 is 2.17 bits per heavy atom. The third-order valence-corrected chi connectivity index (χ3v) is 7.15. The average molecular weight is 743 g/mol. The van der Waals surface area contributed by atoms with Crippen molar-refractivity contribution in [2.75, 3.05) is 23.7 Å². The molecule has 16 heteroatoms. The highest BCUT2D eigenvalue weighted by Gasteiger charge is 2.23. The maximum Gasteiger partial charge on any atom is 0.326 e. The van der Waals surface area contributed by atoms with E-state index in [9.17, 15) is 38.3 Å². The molecule has 0 aliphatic rings. The zero-order valence-electron chi connectivity index (χ0n) is 31.2. The number of aryl methyl sites for hydroxylation is 1. The van der Waals surface area contributed by atoms with Crippen LogP contribution in [0.4, 0.5) is 16.0 Å². The summed E-state index contributed by atoms with van der Waals surface area (Å²) in [6.07, 6.45) is 6.52. The van der Waals surface area contributed by atoms with E-state index in [4.69, 9.17) is 22.4 Å².